The Kier molecular flexibility index (Phi) is 13.5. The lowest BCUT2D eigenvalue weighted by Crippen LogP contribution is -2.50. The summed E-state index contributed by atoms with van der Waals surface area (Å²) >= 11 is 4.15. The van der Waals surface area contributed by atoms with Crippen LogP contribution in [0.5, 0.6) is 0 Å². The molecule has 0 aliphatic carbocycles. The average Bonchev–Trinajstić information content (AvgIpc) is 2.57. The second-order valence-corrected chi connectivity index (χ2v) is 8.36. The summed E-state index contributed by atoms with van der Waals surface area (Å²) < 4.78 is 0. The summed E-state index contributed by atoms with van der Waals surface area (Å²) in [5.41, 5.74) is 5.82. The van der Waals surface area contributed by atoms with Gasteiger partial charge in [-0.15, -0.1) is 0 Å². The van der Waals surface area contributed by atoms with Crippen molar-refractivity contribution in [3.05, 3.63) is 12.2 Å². The van der Waals surface area contributed by atoms with Crippen molar-refractivity contribution < 1.29 is 14.7 Å². The molecule has 4 N–H and O–H groups in total. The fourth-order valence-corrected chi connectivity index (χ4v) is 2.99. The van der Waals surface area contributed by atoms with Gasteiger partial charge in [-0.05, 0) is 45.1 Å². The van der Waals surface area contributed by atoms with E-state index in [1.54, 1.807) is 0 Å². The maximum atomic E-state index is 12.7. The second kappa shape index (κ2) is 14.0. The Hall–Kier alpha value is -1.05. The quantitative estimate of drug-likeness (QED) is 0.265. The van der Waals surface area contributed by atoms with Gasteiger partial charge in [0.1, 0.15) is 6.04 Å². The lowest BCUT2D eigenvalue weighted by Gasteiger charge is -2.34. The van der Waals surface area contributed by atoms with Gasteiger partial charge in [0.2, 0.25) is 5.91 Å². The monoisotopic (exact) mass is 401 g/mol. The van der Waals surface area contributed by atoms with Crippen molar-refractivity contribution in [3.8, 4) is 0 Å². The highest BCUT2D eigenvalue weighted by atomic mass is 32.1. The molecule has 0 heterocycles. The number of carboxylic acid groups (broad SMARTS) is 1. The van der Waals surface area contributed by atoms with Gasteiger partial charge in [0.25, 0.3) is 0 Å². The van der Waals surface area contributed by atoms with Gasteiger partial charge in [0.05, 0.1) is 0 Å². The third-order valence-corrected chi connectivity index (χ3v) is 4.76. The number of aliphatic carboxylic acids is 1. The number of rotatable bonds is 14. The van der Waals surface area contributed by atoms with Gasteiger partial charge in [-0.3, -0.25) is 4.79 Å². The number of carboxylic acids is 1. The molecule has 6 nitrogen and oxygen atoms in total. The van der Waals surface area contributed by atoms with E-state index in [4.69, 9.17) is 5.73 Å². The summed E-state index contributed by atoms with van der Waals surface area (Å²) in [5.74, 6) is 0.132. The minimum absolute atomic E-state index is 0.0258. The molecule has 27 heavy (non-hydrogen) atoms. The number of hydrogen-bond donors (Lipinski definition) is 4. The normalized spacial score (nSPS) is 15.3. The fraction of sp³-hybridized carbons (Fsp3) is 0.800. The van der Waals surface area contributed by atoms with Crippen LogP contribution in [0.1, 0.15) is 53.9 Å². The molecule has 0 rings (SSSR count). The zero-order valence-electron chi connectivity index (χ0n) is 17.5. The van der Waals surface area contributed by atoms with Crippen LogP contribution < -0.4 is 11.1 Å². The van der Waals surface area contributed by atoms with Gasteiger partial charge in [-0.2, -0.15) is 12.6 Å². The summed E-state index contributed by atoms with van der Waals surface area (Å²) in [4.78, 5) is 26.1. The topological polar surface area (TPSA) is 95.7 Å². The van der Waals surface area contributed by atoms with Crippen LogP contribution in [-0.2, 0) is 9.59 Å². The molecule has 0 aromatic rings. The molecule has 0 aromatic heterocycles. The van der Waals surface area contributed by atoms with Crippen LogP contribution in [-0.4, -0.2) is 58.9 Å². The molecule has 0 aliphatic rings. The molecule has 0 saturated carbocycles. The molecule has 0 spiro atoms. The molecule has 1 unspecified atom stereocenters. The molecular weight excluding hydrogens is 362 g/mol. The largest absolute Gasteiger partial charge is 0.480 e. The molecule has 158 valence electrons. The van der Waals surface area contributed by atoms with Crippen LogP contribution in [0.2, 0.25) is 0 Å². The first-order chi connectivity index (χ1) is 12.6. The fourth-order valence-electron chi connectivity index (χ4n) is 2.86. The van der Waals surface area contributed by atoms with Gasteiger partial charge >= 0.3 is 5.97 Å². The van der Waals surface area contributed by atoms with E-state index >= 15 is 0 Å². The van der Waals surface area contributed by atoms with E-state index in [0.717, 1.165) is 6.42 Å². The predicted molar refractivity (Wildman–Crippen MR) is 115 cm³/mol. The van der Waals surface area contributed by atoms with Crippen molar-refractivity contribution in [2.24, 2.45) is 17.6 Å². The van der Waals surface area contributed by atoms with Crippen molar-refractivity contribution in [3.63, 3.8) is 0 Å². The molecule has 3 atom stereocenters. The molecule has 1 amide bonds. The van der Waals surface area contributed by atoms with E-state index < -0.39 is 12.0 Å². The van der Waals surface area contributed by atoms with E-state index in [1.807, 2.05) is 32.9 Å². The molecule has 7 heteroatoms. The number of carbonyl (C=O) groups is 2. The van der Waals surface area contributed by atoms with E-state index in [2.05, 4.69) is 31.8 Å². The third kappa shape index (κ3) is 11.4. The number of amides is 1. The number of allylic oxidation sites excluding steroid dienone is 1. The minimum atomic E-state index is -0.956. The number of thiol groups is 1. The van der Waals surface area contributed by atoms with Crippen LogP contribution in [0.4, 0.5) is 0 Å². The number of nitrogens with zero attached hydrogens (tertiary/aromatic N) is 1. The first-order valence-corrected chi connectivity index (χ1v) is 10.5. The van der Waals surface area contributed by atoms with Gasteiger partial charge in [0, 0.05) is 30.8 Å². The minimum Gasteiger partial charge on any atom is -0.480 e. The molecule has 0 bridgehead atoms. The van der Waals surface area contributed by atoms with Gasteiger partial charge in [-0.25, -0.2) is 4.79 Å². The summed E-state index contributed by atoms with van der Waals surface area (Å²) in [7, 11) is 0. The van der Waals surface area contributed by atoms with Crippen LogP contribution in [0.15, 0.2) is 12.2 Å². The van der Waals surface area contributed by atoms with Gasteiger partial charge in [0.15, 0.2) is 0 Å². The van der Waals surface area contributed by atoms with E-state index in [9.17, 15) is 14.7 Å². The Balaban J connectivity index is 4.88. The van der Waals surface area contributed by atoms with Crippen molar-refractivity contribution in [1.29, 1.82) is 0 Å². The van der Waals surface area contributed by atoms with E-state index in [1.165, 1.54) is 4.90 Å². The van der Waals surface area contributed by atoms with Crippen molar-refractivity contribution >= 4 is 24.5 Å². The molecular formula is C20H39N3O3S. The maximum Gasteiger partial charge on any atom is 0.326 e. The first-order valence-electron chi connectivity index (χ1n) is 9.86. The van der Waals surface area contributed by atoms with Gasteiger partial charge in [-0.1, -0.05) is 32.9 Å². The van der Waals surface area contributed by atoms with Crippen molar-refractivity contribution in [2.45, 2.75) is 72.0 Å². The molecule has 0 aliphatic heterocycles. The van der Waals surface area contributed by atoms with Crippen LogP contribution >= 0.6 is 12.6 Å². The highest BCUT2D eigenvalue weighted by molar-refractivity contribution is 7.80. The zero-order valence-corrected chi connectivity index (χ0v) is 18.4. The average molecular weight is 402 g/mol. The standard InChI is InChI=1S/C20H39N3O3S/c1-14(2)8-6-7-9-19(24)23(15(3)4)18(20(25)26)10-16(5)11-22-12-17(21)13-27/h6-7,14-18,22,27H,8-13,21H2,1-5H3,(H,25,26)/b7-6+/t16?,17-,18-/m1/s1. The zero-order chi connectivity index (χ0) is 21.0. The smallest absolute Gasteiger partial charge is 0.326 e. The second-order valence-electron chi connectivity index (χ2n) is 8.00. The maximum absolute atomic E-state index is 12.7. The molecule has 0 fully saturated rings. The lowest BCUT2D eigenvalue weighted by atomic mass is 9.98. The Morgan fingerprint density at radius 2 is 1.78 bits per heavy atom. The summed E-state index contributed by atoms with van der Waals surface area (Å²) in [6.07, 6.45) is 5.39. The van der Waals surface area contributed by atoms with Crippen LogP contribution in [0.3, 0.4) is 0 Å². The van der Waals surface area contributed by atoms with Crippen molar-refractivity contribution in [2.75, 3.05) is 18.8 Å². The Labute approximate surface area is 170 Å². The number of nitrogens with two attached hydrogens (primary N) is 1. The Morgan fingerprint density at radius 3 is 2.26 bits per heavy atom. The third-order valence-electron chi connectivity index (χ3n) is 4.29. The van der Waals surface area contributed by atoms with E-state index in [0.29, 0.717) is 31.2 Å². The summed E-state index contributed by atoms with van der Waals surface area (Å²) in [5, 5.41) is 13.0. The summed E-state index contributed by atoms with van der Waals surface area (Å²) in [6.45, 7) is 11.2. The lowest BCUT2D eigenvalue weighted by molar-refractivity contribution is -0.152. The number of carbonyl (C=O) groups excluding carboxylic acids is 1. The van der Waals surface area contributed by atoms with Gasteiger partial charge < -0.3 is 21.1 Å². The van der Waals surface area contributed by atoms with Crippen LogP contribution in [0, 0.1) is 11.8 Å². The first kappa shape index (κ1) is 26.0. The summed E-state index contributed by atoms with van der Waals surface area (Å²) in [6, 6.07) is -1.02. The highest BCUT2D eigenvalue weighted by Crippen LogP contribution is 2.17. The predicted octanol–water partition coefficient (Wildman–Crippen LogP) is 2.54. The molecule has 0 saturated heterocycles. The number of nitrogens with one attached hydrogen (secondary N) is 1. The van der Waals surface area contributed by atoms with Crippen LogP contribution in [0.25, 0.3) is 0 Å². The highest BCUT2D eigenvalue weighted by Gasteiger charge is 2.32. The Morgan fingerprint density at radius 1 is 1.15 bits per heavy atom. The SMILES string of the molecule is CC(C)C/C=C/CC(=O)N(C(C)C)[C@H](CC(C)CNC[C@@H](N)CS)C(=O)O. The van der Waals surface area contributed by atoms with Crippen molar-refractivity contribution in [1.82, 2.24) is 10.2 Å². The Bertz CT molecular complexity index is 469. The van der Waals surface area contributed by atoms with E-state index in [-0.39, 0.29) is 30.3 Å². The number of hydrogen-bond acceptors (Lipinski definition) is 5. The molecule has 0 aromatic carbocycles. The molecule has 0 radical (unpaired) electrons.